The van der Waals surface area contributed by atoms with Crippen molar-refractivity contribution in [2.24, 2.45) is 0 Å². The van der Waals surface area contributed by atoms with Gasteiger partial charge in [0.1, 0.15) is 23.1 Å². The van der Waals surface area contributed by atoms with Crippen LogP contribution in [-0.4, -0.2) is 74.3 Å². The van der Waals surface area contributed by atoms with Crippen LogP contribution in [0.5, 0.6) is 11.5 Å². The molecule has 0 bridgehead atoms. The van der Waals surface area contributed by atoms with Gasteiger partial charge in [-0.1, -0.05) is 0 Å². The van der Waals surface area contributed by atoms with Crippen molar-refractivity contribution in [1.82, 2.24) is 14.9 Å². The first-order chi connectivity index (χ1) is 15.0. The molecule has 0 saturated carbocycles. The molecule has 166 valence electrons. The van der Waals surface area contributed by atoms with Gasteiger partial charge in [0.2, 0.25) is 0 Å². The van der Waals surface area contributed by atoms with E-state index in [0.29, 0.717) is 30.2 Å². The van der Waals surface area contributed by atoms with Gasteiger partial charge in [-0.15, -0.1) is 0 Å². The zero-order valence-corrected chi connectivity index (χ0v) is 18.9. The third-order valence-electron chi connectivity index (χ3n) is 6.31. The number of nitrogens with zero attached hydrogens (tertiary/aromatic N) is 4. The Morgan fingerprint density at radius 1 is 1.06 bits per heavy atom. The van der Waals surface area contributed by atoms with E-state index >= 15 is 0 Å². The van der Waals surface area contributed by atoms with Gasteiger partial charge in [0.25, 0.3) is 5.91 Å². The molecule has 1 saturated heterocycles. The van der Waals surface area contributed by atoms with Crippen molar-refractivity contribution in [3.63, 3.8) is 0 Å². The second-order valence-electron chi connectivity index (χ2n) is 8.19. The van der Waals surface area contributed by atoms with Crippen LogP contribution < -0.4 is 19.3 Å². The van der Waals surface area contributed by atoms with Crippen LogP contribution in [0.2, 0.25) is 0 Å². The first kappa shape index (κ1) is 21.4. The molecule has 1 fully saturated rings. The van der Waals surface area contributed by atoms with Gasteiger partial charge in [0.15, 0.2) is 0 Å². The zero-order chi connectivity index (χ0) is 22.0. The summed E-state index contributed by atoms with van der Waals surface area (Å²) in [5.74, 6) is 2.98. The largest absolute Gasteiger partial charge is 0.497 e. The Bertz CT molecular complexity index is 934. The molecule has 1 amide bonds. The predicted octanol–water partition coefficient (Wildman–Crippen LogP) is 0.726. The van der Waals surface area contributed by atoms with Gasteiger partial charge >= 0.3 is 0 Å². The molecular formula is C23H32N5O3+. The monoisotopic (exact) mass is 426 g/mol. The second-order valence-corrected chi connectivity index (χ2v) is 8.19. The lowest BCUT2D eigenvalue weighted by atomic mass is 10.0. The summed E-state index contributed by atoms with van der Waals surface area (Å²) in [7, 11) is 3.18. The summed E-state index contributed by atoms with van der Waals surface area (Å²) >= 11 is 0. The molecule has 8 heteroatoms. The zero-order valence-electron chi connectivity index (χ0n) is 18.9. The van der Waals surface area contributed by atoms with Crippen molar-refractivity contribution < 1.29 is 19.2 Å². The first-order valence-corrected chi connectivity index (χ1v) is 11.0. The standard InChI is InChI=1S/C23H31N5O3/c1-5-26-8-10-27(11-9-26)22-20-15-28(7-6-21(20)24-16(2)25-22)23(29)17-12-18(30-3)14-19(13-17)31-4/h12-14H,5-11,15H2,1-4H3/p+1. The molecule has 2 aliphatic rings. The summed E-state index contributed by atoms with van der Waals surface area (Å²) in [6.07, 6.45) is 0.735. The third kappa shape index (κ3) is 4.44. The number of anilines is 1. The van der Waals surface area contributed by atoms with Crippen LogP contribution >= 0.6 is 0 Å². The predicted molar refractivity (Wildman–Crippen MR) is 118 cm³/mol. The summed E-state index contributed by atoms with van der Waals surface area (Å²) in [6.45, 7) is 10.7. The number of hydrogen-bond acceptors (Lipinski definition) is 6. The van der Waals surface area contributed by atoms with E-state index in [1.165, 1.54) is 0 Å². The van der Waals surface area contributed by atoms with Crippen molar-refractivity contribution in [2.45, 2.75) is 26.8 Å². The number of aromatic nitrogens is 2. The molecule has 1 aromatic carbocycles. The van der Waals surface area contributed by atoms with Crippen LogP contribution in [0.15, 0.2) is 18.2 Å². The minimum absolute atomic E-state index is 0.0328. The number of amides is 1. The number of benzene rings is 1. The number of quaternary nitrogens is 1. The quantitative estimate of drug-likeness (QED) is 0.760. The van der Waals surface area contributed by atoms with Crippen LogP contribution in [0.4, 0.5) is 5.82 Å². The van der Waals surface area contributed by atoms with Gasteiger partial charge < -0.3 is 24.2 Å². The number of ether oxygens (including phenoxy) is 2. The van der Waals surface area contributed by atoms with Crippen molar-refractivity contribution in [1.29, 1.82) is 0 Å². The molecule has 8 nitrogen and oxygen atoms in total. The summed E-state index contributed by atoms with van der Waals surface area (Å²) in [4.78, 5) is 28.7. The van der Waals surface area contributed by atoms with Gasteiger partial charge in [-0.05, 0) is 26.0 Å². The Kier molecular flexibility index (Phi) is 6.27. The summed E-state index contributed by atoms with van der Waals surface area (Å²) in [6, 6.07) is 5.30. The van der Waals surface area contributed by atoms with E-state index in [-0.39, 0.29) is 5.91 Å². The number of piperazine rings is 1. The number of nitrogens with one attached hydrogen (secondary N) is 1. The number of methoxy groups -OCH3 is 2. The number of carbonyl (C=O) groups excluding carboxylic acids is 1. The molecule has 31 heavy (non-hydrogen) atoms. The molecule has 0 spiro atoms. The third-order valence-corrected chi connectivity index (χ3v) is 6.31. The average Bonchev–Trinajstić information content (AvgIpc) is 2.82. The van der Waals surface area contributed by atoms with E-state index in [2.05, 4.69) is 11.8 Å². The van der Waals surface area contributed by atoms with E-state index in [4.69, 9.17) is 19.4 Å². The number of likely N-dealkylation sites (N-methyl/N-ethyl adjacent to an activating group) is 1. The van der Waals surface area contributed by atoms with Gasteiger partial charge in [-0.3, -0.25) is 4.79 Å². The number of hydrogen-bond donors (Lipinski definition) is 1. The lowest BCUT2D eigenvalue weighted by molar-refractivity contribution is -0.898. The van der Waals surface area contributed by atoms with Gasteiger partial charge in [0.05, 0.1) is 59.2 Å². The van der Waals surface area contributed by atoms with E-state index in [1.54, 1.807) is 37.3 Å². The number of rotatable bonds is 5. The van der Waals surface area contributed by atoms with Crippen LogP contribution in [0.1, 0.15) is 34.4 Å². The van der Waals surface area contributed by atoms with Crippen LogP contribution in [0, 0.1) is 6.92 Å². The topological polar surface area (TPSA) is 72.2 Å². The minimum atomic E-state index is -0.0328. The molecule has 0 unspecified atom stereocenters. The van der Waals surface area contributed by atoms with Crippen molar-refractivity contribution in [2.75, 3.05) is 58.4 Å². The van der Waals surface area contributed by atoms with Crippen molar-refractivity contribution in [3.05, 3.63) is 40.8 Å². The van der Waals surface area contributed by atoms with E-state index in [0.717, 1.165) is 62.0 Å². The molecule has 2 aromatic rings. The normalized spacial score (nSPS) is 16.8. The Labute approximate surface area is 183 Å². The van der Waals surface area contributed by atoms with E-state index < -0.39 is 0 Å². The lowest BCUT2D eigenvalue weighted by Gasteiger charge is -2.36. The highest BCUT2D eigenvalue weighted by Crippen LogP contribution is 2.29. The summed E-state index contributed by atoms with van der Waals surface area (Å²) < 4.78 is 10.7. The Hall–Kier alpha value is -2.87. The summed E-state index contributed by atoms with van der Waals surface area (Å²) in [5.41, 5.74) is 2.72. The molecular weight excluding hydrogens is 394 g/mol. The maximum Gasteiger partial charge on any atom is 0.254 e. The molecule has 2 aliphatic heterocycles. The van der Waals surface area contributed by atoms with Crippen LogP contribution in [-0.2, 0) is 13.0 Å². The lowest BCUT2D eigenvalue weighted by Crippen LogP contribution is -3.14. The van der Waals surface area contributed by atoms with Crippen molar-refractivity contribution in [3.8, 4) is 11.5 Å². The van der Waals surface area contributed by atoms with Crippen LogP contribution in [0.3, 0.4) is 0 Å². The molecule has 0 radical (unpaired) electrons. The highest BCUT2D eigenvalue weighted by atomic mass is 16.5. The fraction of sp³-hybridized carbons (Fsp3) is 0.522. The van der Waals surface area contributed by atoms with E-state index in [9.17, 15) is 4.79 Å². The summed E-state index contributed by atoms with van der Waals surface area (Å²) in [5, 5.41) is 0. The smallest absolute Gasteiger partial charge is 0.254 e. The Morgan fingerprint density at radius 3 is 2.35 bits per heavy atom. The van der Waals surface area contributed by atoms with Gasteiger partial charge in [0, 0.05) is 30.2 Å². The molecule has 4 rings (SSSR count). The highest BCUT2D eigenvalue weighted by molar-refractivity contribution is 5.95. The molecule has 1 aromatic heterocycles. The number of aryl methyl sites for hydroxylation is 1. The highest BCUT2D eigenvalue weighted by Gasteiger charge is 2.30. The number of carbonyl (C=O) groups is 1. The molecule has 1 N–H and O–H groups in total. The maximum atomic E-state index is 13.3. The van der Waals surface area contributed by atoms with E-state index in [1.807, 2.05) is 11.8 Å². The number of fused-ring (bicyclic) bond motifs is 1. The van der Waals surface area contributed by atoms with Crippen molar-refractivity contribution >= 4 is 11.7 Å². The second kappa shape index (κ2) is 9.09. The minimum Gasteiger partial charge on any atom is -0.497 e. The molecule has 0 aliphatic carbocycles. The maximum absolute atomic E-state index is 13.3. The fourth-order valence-electron chi connectivity index (χ4n) is 4.45. The Morgan fingerprint density at radius 2 is 1.74 bits per heavy atom. The fourth-order valence-corrected chi connectivity index (χ4v) is 4.45. The molecule has 3 heterocycles. The SMILES string of the molecule is CC[NH+]1CCN(c2nc(C)nc3c2CN(C(=O)c2cc(OC)cc(OC)c2)CC3)CC1. The van der Waals surface area contributed by atoms with Gasteiger partial charge in [-0.2, -0.15) is 0 Å². The first-order valence-electron chi connectivity index (χ1n) is 11.0. The van der Waals surface area contributed by atoms with Crippen LogP contribution in [0.25, 0.3) is 0 Å². The average molecular weight is 427 g/mol. The Balaban J connectivity index is 1.60. The molecule has 0 atom stereocenters. The van der Waals surface area contributed by atoms with Gasteiger partial charge in [-0.25, -0.2) is 9.97 Å².